The molecule has 2 heteroatoms. The van der Waals surface area contributed by atoms with E-state index in [4.69, 9.17) is 0 Å². The van der Waals surface area contributed by atoms with Crippen molar-refractivity contribution in [2.45, 2.75) is 90.4 Å². The first-order valence-corrected chi connectivity index (χ1v) is 9.24. The number of benzene rings is 1. The van der Waals surface area contributed by atoms with Crippen LogP contribution in [0.1, 0.15) is 95.1 Å². The molecule has 0 amide bonds. The standard InChI is InChI=1S/C21H35.ClH.Mg/c1-3-4-5-6-7-8-9-10-11-12-13-14-15-21-18-16-20(2)17-19-21;;/h16-19H,2-15H2,1H3;1H;/q-1;;+2/p-1. The van der Waals surface area contributed by atoms with Crippen LogP contribution in [-0.2, 0) is 6.42 Å². The van der Waals surface area contributed by atoms with Crippen molar-refractivity contribution in [1.82, 2.24) is 0 Å². The van der Waals surface area contributed by atoms with E-state index in [1.165, 1.54) is 89.0 Å². The number of rotatable bonds is 13. The van der Waals surface area contributed by atoms with Gasteiger partial charge in [0, 0.05) is 0 Å². The van der Waals surface area contributed by atoms with Crippen LogP contribution in [0.5, 0.6) is 0 Å². The molecule has 0 aliphatic carbocycles. The van der Waals surface area contributed by atoms with Crippen LogP contribution < -0.4 is 12.4 Å². The van der Waals surface area contributed by atoms with Gasteiger partial charge in [0.15, 0.2) is 0 Å². The summed E-state index contributed by atoms with van der Waals surface area (Å²) in [5.74, 6) is 0. The quantitative estimate of drug-likeness (QED) is 0.290. The number of hydrogen-bond acceptors (Lipinski definition) is 0. The molecule has 0 unspecified atom stereocenters. The largest absolute Gasteiger partial charge is 2.00 e. The first-order chi connectivity index (χ1) is 10.3. The third-order valence-corrected chi connectivity index (χ3v) is 4.34. The Morgan fingerprint density at radius 2 is 1.04 bits per heavy atom. The maximum absolute atomic E-state index is 3.93. The van der Waals surface area contributed by atoms with Crippen molar-refractivity contribution in [3.63, 3.8) is 0 Å². The molecule has 0 saturated carbocycles. The maximum atomic E-state index is 3.93. The summed E-state index contributed by atoms with van der Waals surface area (Å²) in [7, 11) is 0. The van der Waals surface area contributed by atoms with Crippen LogP contribution >= 0.6 is 0 Å². The minimum absolute atomic E-state index is 0. The summed E-state index contributed by atoms with van der Waals surface area (Å²) in [6.07, 6.45) is 18.3. The predicted octanol–water partition coefficient (Wildman–Crippen LogP) is 3.74. The zero-order chi connectivity index (χ0) is 15.2. The molecule has 0 spiro atoms. The van der Waals surface area contributed by atoms with Crippen molar-refractivity contribution in [2.24, 2.45) is 0 Å². The average molecular weight is 347 g/mol. The molecule has 0 nitrogen and oxygen atoms in total. The van der Waals surface area contributed by atoms with E-state index >= 15 is 0 Å². The Morgan fingerprint density at radius 1 is 0.652 bits per heavy atom. The fourth-order valence-electron chi connectivity index (χ4n) is 2.88. The van der Waals surface area contributed by atoms with Crippen LogP contribution in [0, 0.1) is 6.92 Å². The molecule has 1 rings (SSSR count). The summed E-state index contributed by atoms with van der Waals surface area (Å²) in [6, 6.07) is 8.69. The Labute approximate surface area is 167 Å². The molecular formula is C21H35ClMg. The van der Waals surface area contributed by atoms with Gasteiger partial charge in [0.2, 0.25) is 0 Å². The van der Waals surface area contributed by atoms with Gasteiger partial charge in [-0.2, -0.15) is 24.6 Å². The van der Waals surface area contributed by atoms with Crippen LogP contribution in [0.4, 0.5) is 0 Å². The molecule has 1 aromatic carbocycles. The summed E-state index contributed by atoms with van der Waals surface area (Å²) in [4.78, 5) is 0. The third-order valence-electron chi connectivity index (χ3n) is 4.34. The summed E-state index contributed by atoms with van der Waals surface area (Å²) in [6.45, 7) is 6.22. The van der Waals surface area contributed by atoms with Crippen molar-refractivity contribution in [2.75, 3.05) is 0 Å². The zero-order valence-electron chi connectivity index (χ0n) is 15.3. The molecule has 0 radical (unpaired) electrons. The van der Waals surface area contributed by atoms with Crippen molar-refractivity contribution >= 4 is 23.1 Å². The molecule has 23 heavy (non-hydrogen) atoms. The van der Waals surface area contributed by atoms with E-state index in [2.05, 4.69) is 38.1 Å². The molecular weight excluding hydrogens is 312 g/mol. The second kappa shape index (κ2) is 18.5. The Kier molecular flexibility index (Phi) is 20.4. The van der Waals surface area contributed by atoms with Crippen LogP contribution in [0.25, 0.3) is 0 Å². The van der Waals surface area contributed by atoms with Gasteiger partial charge in [0.25, 0.3) is 0 Å². The predicted molar refractivity (Wildman–Crippen MR) is 101 cm³/mol. The number of halogens is 1. The fourth-order valence-corrected chi connectivity index (χ4v) is 2.88. The molecule has 0 aromatic heterocycles. The Bertz CT molecular complexity index is 334. The van der Waals surface area contributed by atoms with Crippen LogP contribution in [-0.4, -0.2) is 23.1 Å². The van der Waals surface area contributed by atoms with Crippen LogP contribution in [0.3, 0.4) is 0 Å². The van der Waals surface area contributed by atoms with Gasteiger partial charge < -0.3 is 12.4 Å². The van der Waals surface area contributed by atoms with Gasteiger partial charge >= 0.3 is 23.1 Å². The smallest absolute Gasteiger partial charge is 1.00 e. The van der Waals surface area contributed by atoms with Gasteiger partial charge in [-0.3, -0.25) is 0 Å². The molecule has 0 saturated heterocycles. The summed E-state index contributed by atoms with van der Waals surface area (Å²) < 4.78 is 0. The SMILES string of the molecule is [CH2-]c1ccc(CCCCCCCCCCCCCC)cc1.[Cl-].[Mg+2]. The summed E-state index contributed by atoms with van der Waals surface area (Å²) in [5.41, 5.74) is 2.59. The summed E-state index contributed by atoms with van der Waals surface area (Å²) in [5, 5.41) is 0. The molecule has 0 heterocycles. The topological polar surface area (TPSA) is 0 Å². The maximum Gasteiger partial charge on any atom is 2.00 e. The Morgan fingerprint density at radius 3 is 1.48 bits per heavy atom. The van der Waals surface area contributed by atoms with Crippen LogP contribution in [0.2, 0.25) is 0 Å². The molecule has 0 fully saturated rings. The van der Waals surface area contributed by atoms with E-state index in [0.29, 0.717) is 0 Å². The van der Waals surface area contributed by atoms with Crippen molar-refractivity contribution < 1.29 is 12.4 Å². The fraction of sp³-hybridized carbons (Fsp3) is 0.667. The van der Waals surface area contributed by atoms with Gasteiger partial charge in [0.05, 0.1) is 0 Å². The molecule has 128 valence electrons. The van der Waals surface area contributed by atoms with E-state index in [0.717, 1.165) is 5.56 Å². The average Bonchev–Trinajstić information content (AvgIpc) is 2.50. The Hall–Kier alpha value is 0.146. The number of hydrogen-bond donors (Lipinski definition) is 0. The van der Waals surface area contributed by atoms with Gasteiger partial charge in [0.1, 0.15) is 0 Å². The second-order valence-corrected chi connectivity index (χ2v) is 6.46. The van der Waals surface area contributed by atoms with E-state index in [-0.39, 0.29) is 35.5 Å². The minimum atomic E-state index is 0. The van der Waals surface area contributed by atoms with E-state index in [9.17, 15) is 0 Å². The normalized spacial score (nSPS) is 9.96. The summed E-state index contributed by atoms with van der Waals surface area (Å²) >= 11 is 0. The van der Waals surface area contributed by atoms with Gasteiger partial charge in [-0.25, -0.2) is 0 Å². The molecule has 0 atom stereocenters. The minimum Gasteiger partial charge on any atom is -1.00 e. The molecule has 0 aliphatic heterocycles. The van der Waals surface area contributed by atoms with Gasteiger partial charge in [-0.15, -0.1) is 12.1 Å². The molecule has 1 aromatic rings. The van der Waals surface area contributed by atoms with Crippen molar-refractivity contribution in [3.8, 4) is 0 Å². The number of aryl methyl sites for hydroxylation is 1. The van der Waals surface area contributed by atoms with Gasteiger partial charge in [-0.05, 0) is 12.8 Å². The molecule has 0 aliphatic rings. The molecule has 0 bridgehead atoms. The number of unbranched alkanes of at least 4 members (excludes halogenated alkanes) is 11. The molecule has 0 N–H and O–H groups in total. The Balaban J connectivity index is 0. The first-order valence-electron chi connectivity index (χ1n) is 9.24. The monoisotopic (exact) mass is 346 g/mol. The van der Waals surface area contributed by atoms with Gasteiger partial charge in [-0.1, -0.05) is 83.1 Å². The second-order valence-electron chi connectivity index (χ2n) is 6.46. The zero-order valence-corrected chi connectivity index (χ0v) is 17.5. The third kappa shape index (κ3) is 15.4. The van der Waals surface area contributed by atoms with E-state index < -0.39 is 0 Å². The van der Waals surface area contributed by atoms with Crippen molar-refractivity contribution in [1.29, 1.82) is 0 Å². The van der Waals surface area contributed by atoms with Crippen LogP contribution in [0.15, 0.2) is 24.3 Å². The van der Waals surface area contributed by atoms with E-state index in [1.807, 2.05) is 0 Å². The van der Waals surface area contributed by atoms with Crippen molar-refractivity contribution in [3.05, 3.63) is 42.3 Å². The van der Waals surface area contributed by atoms with E-state index in [1.54, 1.807) is 0 Å². The first kappa shape index (κ1) is 25.4.